The Kier molecular flexibility index (Phi) is 5.07. The summed E-state index contributed by atoms with van der Waals surface area (Å²) in [7, 11) is -4.34. The van der Waals surface area contributed by atoms with Crippen molar-refractivity contribution in [3.05, 3.63) is 12.7 Å². The Balaban J connectivity index is 3.58. The molecule has 2 N–H and O–H groups in total. The van der Waals surface area contributed by atoms with Crippen molar-refractivity contribution in [2.24, 2.45) is 0 Å². The number of rotatable bonds is 6. The minimum Gasteiger partial charge on any atom is -0.377 e. The topological polar surface area (TPSA) is 83.8 Å². The Bertz CT molecular complexity index is 220. The molecular formula is C6H12O5S. The summed E-state index contributed by atoms with van der Waals surface area (Å²) >= 11 is 0. The average Bonchev–Trinajstić information content (AvgIpc) is 1.96. The number of ether oxygens (including phenoxy) is 1. The smallest absolute Gasteiger partial charge is 0.292 e. The molecule has 0 heterocycles. The molecule has 0 spiro atoms. The maximum atomic E-state index is 10.2. The molecule has 0 aromatic carbocycles. The van der Waals surface area contributed by atoms with Gasteiger partial charge in [-0.1, -0.05) is 6.08 Å². The lowest BCUT2D eigenvalue weighted by atomic mass is 10.5. The van der Waals surface area contributed by atoms with Crippen molar-refractivity contribution < 1.29 is 22.8 Å². The summed E-state index contributed by atoms with van der Waals surface area (Å²) in [6.45, 7) is 3.72. The molecule has 0 aliphatic rings. The van der Waals surface area contributed by atoms with Gasteiger partial charge in [-0.05, 0) is 0 Å². The Morgan fingerprint density at radius 3 is 2.58 bits per heavy atom. The Labute approximate surface area is 71.4 Å². The first kappa shape index (κ1) is 11.6. The van der Waals surface area contributed by atoms with Crippen LogP contribution in [0.25, 0.3) is 0 Å². The minimum absolute atomic E-state index is 0.0625. The van der Waals surface area contributed by atoms with Crippen molar-refractivity contribution in [1.82, 2.24) is 0 Å². The van der Waals surface area contributed by atoms with Crippen molar-refractivity contribution in [3.63, 3.8) is 0 Å². The van der Waals surface area contributed by atoms with Crippen LogP contribution in [0, 0.1) is 0 Å². The lowest BCUT2D eigenvalue weighted by Crippen LogP contribution is -2.21. The summed E-state index contributed by atoms with van der Waals surface area (Å²) in [5, 5.41) is 8.74. The highest BCUT2D eigenvalue weighted by Crippen LogP contribution is 1.99. The first-order chi connectivity index (χ1) is 5.48. The summed E-state index contributed by atoms with van der Waals surface area (Å²) in [5.74, 6) is 0. The Morgan fingerprint density at radius 2 is 2.17 bits per heavy atom. The highest BCUT2D eigenvalue weighted by Gasteiger charge is 2.18. The lowest BCUT2D eigenvalue weighted by Gasteiger charge is -2.05. The van der Waals surface area contributed by atoms with Crippen LogP contribution in [0.1, 0.15) is 6.42 Å². The zero-order chi connectivity index (χ0) is 9.61. The van der Waals surface area contributed by atoms with Gasteiger partial charge < -0.3 is 9.84 Å². The predicted molar refractivity (Wildman–Crippen MR) is 43.2 cm³/mol. The van der Waals surface area contributed by atoms with Crippen LogP contribution >= 0.6 is 0 Å². The van der Waals surface area contributed by atoms with Gasteiger partial charge in [-0.15, -0.1) is 6.58 Å². The molecule has 12 heavy (non-hydrogen) atoms. The second-order valence-corrected chi connectivity index (χ2v) is 3.70. The molecule has 0 amide bonds. The molecule has 0 aromatic heterocycles. The fourth-order valence-corrected chi connectivity index (χ4v) is 0.894. The zero-order valence-corrected chi connectivity index (χ0v) is 7.33. The normalized spacial score (nSPS) is 14.2. The van der Waals surface area contributed by atoms with Gasteiger partial charge in [0.15, 0.2) is 5.44 Å². The van der Waals surface area contributed by atoms with Gasteiger partial charge in [-0.3, -0.25) is 4.55 Å². The van der Waals surface area contributed by atoms with Gasteiger partial charge in [0.05, 0.1) is 13.2 Å². The van der Waals surface area contributed by atoms with Crippen LogP contribution < -0.4 is 0 Å². The fourth-order valence-electron chi connectivity index (χ4n) is 0.500. The van der Waals surface area contributed by atoms with E-state index in [1.54, 1.807) is 0 Å². The quantitative estimate of drug-likeness (QED) is 0.349. The second-order valence-electron chi connectivity index (χ2n) is 2.12. The minimum atomic E-state index is -4.34. The lowest BCUT2D eigenvalue weighted by molar-refractivity contribution is 0.123. The first-order valence-corrected chi connectivity index (χ1v) is 4.82. The highest BCUT2D eigenvalue weighted by molar-refractivity contribution is 7.86. The van der Waals surface area contributed by atoms with Gasteiger partial charge in [0.25, 0.3) is 10.1 Å². The molecule has 0 saturated heterocycles. The van der Waals surface area contributed by atoms with Gasteiger partial charge in [0, 0.05) is 6.42 Å². The van der Waals surface area contributed by atoms with Gasteiger partial charge in [0.1, 0.15) is 0 Å². The van der Waals surface area contributed by atoms with Crippen molar-refractivity contribution in [3.8, 4) is 0 Å². The summed E-state index contributed by atoms with van der Waals surface area (Å²) in [6.07, 6.45) is 1.35. The molecule has 0 aliphatic carbocycles. The molecule has 0 aliphatic heterocycles. The van der Waals surface area contributed by atoms with Crippen molar-refractivity contribution in [2.45, 2.75) is 11.9 Å². The third kappa shape index (κ3) is 5.25. The van der Waals surface area contributed by atoms with E-state index in [1.165, 1.54) is 6.08 Å². The average molecular weight is 196 g/mol. The number of hydrogen-bond acceptors (Lipinski definition) is 4. The van der Waals surface area contributed by atoms with Crippen molar-refractivity contribution in [1.29, 1.82) is 0 Å². The first-order valence-electron chi connectivity index (χ1n) is 3.31. The van der Waals surface area contributed by atoms with E-state index in [4.69, 9.17) is 14.4 Å². The molecule has 6 heteroatoms. The van der Waals surface area contributed by atoms with Crippen LogP contribution in [0.3, 0.4) is 0 Å². The van der Waals surface area contributed by atoms with Gasteiger partial charge >= 0.3 is 0 Å². The van der Waals surface area contributed by atoms with E-state index in [0.29, 0.717) is 0 Å². The molecule has 72 valence electrons. The summed E-state index contributed by atoms with van der Waals surface area (Å²) < 4.78 is 33.5. The molecular weight excluding hydrogens is 184 g/mol. The summed E-state index contributed by atoms with van der Waals surface area (Å²) in [5.41, 5.74) is -1.76. The van der Waals surface area contributed by atoms with E-state index in [0.717, 1.165) is 0 Å². The SMILES string of the molecule is C=CCOCCC(O)S(=O)(=O)O. The maximum absolute atomic E-state index is 10.2. The van der Waals surface area contributed by atoms with Crippen LogP contribution in [0.5, 0.6) is 0 Å². The van der Waals surface area contributed by atoms with Crippen molar-refractivity contribution in [2.75, 3.05) is 13.2 Å². The molecule has 0 aromatic rings. The van der Waals surface area contributed by atoms with Crippen LogP contribution in [-0.2, 0) is 14.9 Å². The third-order valence-electron chi connectivity index (χ3n) is 1.09. The van der Waals surface area contributed by atoms with Gasteiger partial charge in [0.2, 0.25) is 0 Å². The molecule has 0 bridgehead atoms. The second kappa shape index (κ2) is 5.26. The van der Waals surface area contributed by atoms with Crippen LogP contribution in [0.15, 0.2) is 12.7 Å². The fraction of sp³-hybridized carbons (Fsp3) is 0.667. The van der Waals surface area contributed by atoms with Crippen LogP contribution in [0.4, 0.5) is 0 Å². The van der Waals surface area contributed by atoms with Crippen molar-refractivity contribution >= 4 is 10.1 Å². The summed E-state index contributed by atoms with van der Waals surface area (Å²) in [4.78, 5) is 0. The maximum Gasteiger partial charge on any atom is 0.292 e. The molecule has 5 nitrogen and oxygen atoms in total. The Hall–Kier alpha value is -0.430. The number of aliphatic hydroxyl groups is 1. The molecule has 1 atom stereocenters. The molecule has 0 rings (SSSR count). The largest absolute Gasteiger partial charge is 0.377 e. The van der Waals surface area contributed by atoms with E-state index < -0.39 is 15.6 Å². The van der Waals surface area contributed by atoms with E-state index in [9.17, 15) is 8.42 Å². The monoisotopic (exact) mass is 196 g/mol. The molecule has 0 saturated carbocycles. The van der Waals surface area contributed by atoms with Gasteiger partial charge in [-0.2, -0.15) is 8.42 Å². The van der Waals surface area contributed by atoms with E-state index in [2.05, 4.69) is 6.58 Å². The van der Waals surface area contributed by atoms with E-state index in [1.807, 2.05) is 0 Å². The van der Waals surface area contributed by atoms with Gasteiger partial charge in [-0.25, -0.2) is 0 Å². The predicted octanol–water partition coefficient (Wildman–Crippen LogP) is -0.215. The molecule has 0 fully saturated rings. The van der Waals surface area contributed by atoms with Crippen LogP contribution in [-0.4, -0.2) is 36.7 Å². The number of hydrogen-bond donors (Lipinski definition) is 2. The molecule has 0 radical (unpaired) electrons. The number of aliphatic hydroxyl groups excluding tert-OH is 1. The van der Waals surface area contributed by atoms with Crippen LogP contribution in [0.2, 0.25) is 0 Å². The summed E-state index contributed by atoms with van der Waals surface area (Å²) in [6, 6.07) is 0. The Morgan fingerprint density at radius 1 is 1.58 bits per heavy atom. The van der Waals surface area contributed by atoms with E-state index >= 15 is 0 Å². The molecule has 1 unspecified atom stereocenters. The standard InChI is InChI=1S/C6H12O5S/c1-2-4-11-5-3-6(7)12(8,9)10/h2,6-7H,1,3-5H2,(H,8,9,10). The van der Waals surface area contributed by atoms with E-state index in [-0.39, 0.29) is 19.6 Å². The third-order valence-corrected chi connectivity index (χ3v) is 2.01. The zero-order valence-electron chi connectivity index (χ0n) is 6.51. The highest BCUT2D eigenvalue weighted by atomic mass is 32.2.